The van der Waals surface area contributed by atoms with E-state index in [4.69, 9.17) is 21.1 Å². The van der Waals surface area contributed by atoms with Crippen LogP contribution in [0.25, 0.3) is 0 Å². The summed E-state index contributed by atoms with van der Waals surface area (Å²) in [4.78, 5) is 24.0. The van der Waals surface area contributed by atoms with E-state index < -0.39 is 23.8 Å². The molecule has 7 heteroatoms. The summed E-state index contributed by atoms with van der Waals surface area (Å²) in [6, 6.07) is 9.58. The molecular weight excluding hydrogens is 337 g/mol. The lowest BCUT2D eigenvalue weighted by molar-refractivity contribution is -0.123. The minimum Gasteiger partial charge on any atom is -0.495 e. The number of benzene rings is 2. The van der Waals surface area contributed by atoms with Gasteiger partial charge in [0.15, 0.2) is 6.10 Å². The van der Waals surface area contributed by atoms with Crippen LogP contribution in [-0.4, -0.2) is 25.1 Å². The zero-order valence-electron chi connectivity index (χ0n) is 13.0. The molecule has 1 amide bonds. The molecule has 0 aliphatic carbocycles. The Morgan fingerprint density at radius 3 is 2.42 bits per heavy atom. The van der Waals surface area contributed by atoms with Crippen LogP contribution in [0.1, 0.15) is 17.3 Å². The molecule has 0 spiro atoms. The number of methoxy groups -OCH3 is 1. The van der Waals surface area contributed by atoms with Crippen molar-refractivity contribution in [3.05, 3.63) is 58.9 Å². The molecule has 2 aromatic carbocycles. The van der Waals surface area contributed by atoms with Gasteiger partial charge >= 0.3 is 5.97 Å². The highest BCUT2D eigenvalue weighted by atomic mass is 35.5. The van der Waals surface area contributed by atoms with Crippen LogP contribution in [0.15, 0.2) is 42.5 Å². The number of hydrogen-bond acceptors (Lipinski definition) is 4. The molecule has 5 nitrogen and oxygen atoms in total. The second-order valence-electron chi connectivity index (χ2n) is 4.89. The van der Waals surface area contributed by atoms with E-state index in [-0.39, 0.29) is 5.56 Å². The summed E-state index contributed by atoms with van der Waals surface area (Å²) in [7, 11) is 1.48. The van der Waals surface area contributed by atoms with Gasteiger partial charge in [-0.3, -0.25) is 4.79 Å². The van der Waals surface area contributed by atoms with E-state index in [0.29, 0.717) is 16.5 Å². The summed E-state index contributed by atoms with van der Waals surface area (Å²) in [5.41, 5.74) is 0.596. The second-order valence-corrected chi connectivity index (χ2v) is 5.30. The lowest BCUT2D eigenvalue weighted by Gasteiger charge is -2.14. The predicted molar refractivity (Wildman–Crippen MR) is 87.9 cm³/mol. The second kappa shape index (κ2) is 7.79. The van der Waals surface area contributed by atoms with E-state index in [0.717, 1.165) is 12.1 Å². The number of rotatable bonds is 5. The van der Waals surface area contributed by atoms with Crippen molar-refractivity contribution in [1.82, 2.24) is 0 Å². The van der Waals surface area contributed by atoms with Gasteiger partial charge < -0.3 is 14.8 Å². The lowest BCUT2D eigenvalue weighted by Crippen LogP contribution is -2.30. The average molecular weight is 352 g/mol. The zero-order valence-corrected chi connectivity index (χ0v) is 13.8. The lowest BCUT2D eigenvalue weighted by atomic mass is 10.2. The highest BCUT2D eigenvalue weighted by molar-refractivity contribution is 6.32. The van der Waals surface area contributed by atoms with Crippen molar-refractivity contribution in [3.63, 3.8) is 0 Å². The number of hydrogen-bond donors (Lipinski definition) is 1. The molecule has 0 fully saturated rings. The van der Waals surface area contributed by atoms with Crippen LogP contribution in [0, 0.1) is 5.82 Å². The van der Waals surface area contributed by atoms with Crippen LogP contribution in [0.5, 0.6) is 5.75 Å². The van der Waals surface area contributed by atoms with E-state index in [1.807, 2.05) is 0 Å². The van der Waals surface area contributed by atoms with E-state index in [9.17, 15) is 14.0 Å². The van der Waals surface area contributed by atoms with Gasteiger partial charge in [-0.2, -0.15) is 0 Å². The van der Waals surface area contributed by atoms with Gasteiger partial charge in [-0.05, 0) is 49.4 Å². The van der Waals surface area contributed by atoms with Gasteiger partial charge in [-0.25, -0.2) is 9.18 Å². The van der Waals surface area contributed by atoms with Crippen LogP contribution < -0.4 is 10.1 Å². The van der Waals surface area contributed by atoms with Crippen molar-refractivity contribution in [1.29, 1.82) is 0 Å². The van der Waals surface area contributed by atoms with Crippen molar-refractivity contribution in [2.75, 3.05) is 12.4 Å². The molecule has 1 N–H and O–H groups in total. The van der Waals surface area contributed by atoms with Gasteiger partial charge in [0.2, 0.25) is 0 Å². The molecule has 2 aromatic rings. The Labute approximate surface area is 143 Å². The Kier molecular flexibility index (Phi) is 5.76. The van der Waals surface area contributed by atoms with Gasteiger partial charge in [0.05, 0.1) is 17.7 Å². The summed E-state index contributed by atoms with van der Waals surface area (Å²) < 4.78 is 22.9. The molecule has 2 rings (SSSR count). The van der Waals surface area contributed by atoms with Crippen molar-refractivity contribution in [2.45, 2.75) is 13.0 Å². The molecule has 0 unspecified atom stereocenters. The van der Waals surface area contributed by atoms with Gasteiger partial charge in [-0.15, -0.1) is 0 Å². The third kappa shape index (κ3) is 4.45. The molecule has 1 atom stereocenters. The molecule has 0 bridgehead atoms. The van der Waals surface area contributed by atoms with Crippen LogP contribution in [-0.2, 0) is 9.53 Å². The van der Waals surface area contributed by atoms with E-state index in [1.165, 1.54) is 32.2 Å². The maximum atomic E-state index is 12.8. The minimum absolute atomic E-state index is 0.156. The average Bonchev–Trinajstić information content (AvgIpc) is 2.55. The molecule has 0 saturated heterocycles. The minimum atomic E-state index is -1.04. The quantitative estimate of drug-likeness (QED) is 0.835. The number of esters is 1. The first-order valence-electron chi connectivity index (χ1n) is 7.01. The Morgan fingerprint density at radius 2 is 1.83 bits per heavy atom. The highest BCUT2D eigenvalue weighted by Gasteiger charge is 2.19. The van der Waals surface area contributed by atoms with Gasteiger partial charge in [0.25, 0.3) is 5.91 Å². The maximum absolute atomic E-state index is 12.8. The Balaban J connectivity index is 1.98. The summed E-state index contributed by atoms with van der Waals surface area (Å²) in [5.74, 6) is -1.23. The van der Waals surface area contributed by atoms with E-state index in [1.54, 1.807) is 12.1 Å². The smallest absolute Gasteiger partial charge is 0.338 e. The first-order chi connectivity index (χ1) is 11.4. The predicted octanol–water partition coefficient (Wildman–Crippen LogP) is 3.67. The highest BCUT2D eigenvalue weighted by Crippen LogP contribution is 2.27. The fraction of sp³-hybridized carbons (Fsp3) is 0.176. The molecule has 126 valence electrons. The number of halogens is 2. The summed E-state index contributed by atoms with van der Waals surface area (Å²) in [5, 5.41) is 2.92. The van der Waals surface area contributed by atoms with E-state index >= 15 is 0 Å². The number of carbonyl (C=O) groups is 2. The molecule has 0 aromatic heterocycles. The zero-order chi connectivity index (χ0) is 17.7. The van der Waals surface area contributed by atoms with Crippen molar-refractivity contribution in [2.24, 2.45) is 0 Å². The SMILES string of the molecule is COc1ccc(NC(=O)[C@H](C)OC(=O)c2ccc(F)cc2)cc1Cl. The Morgan fingerprint density at radius 1 is 1.17 bits per heavy atom. The summed E-state index contributed by atoms with van der Waals surface area (Å²) >= 11 is 5.98. The number of carbonyl (C=O) groups excluding carboxylic acids is 2. The third-order valence-electron chi connectivity index (χ3n) is 3.15. The standard InChI is InChI=1S/C17H15ClFNO4/c1-10(24-17(22)11-3-5-12(19)6-4-11)16(21)20-13-7-8-15(23-2)14(18)9-13/h3-10H,1-2H3,(H,20,21)/t10-/m0/s1. The monoisotopic (exact) mass is 351 g/mol. The van der Waals surface area contributed by atoms with Gasteiger partial charge in [0, 0.05) is 5.69 Å². The fourth-order valence-electron chi connectivity index (χ4n) is 1.86. The van der Waals surface area contributed by atoms with Crippen molar-refractivity contribution in [3.8, 4) is 5.75 Å². The molecule has 0 saturated carbocycles. The molecule has 24 heavy (non-hydrogen) atoms. The number of anilines is 1. The number of nitrogens with one attached hydrogen (secondary N) is 1. The first-order valence-corrected chi connectivity index (χ1v) is 7.39. The Hall–Kier alpha value is -2.60. The normalized spacial score (nSPS) is 11.5. The van der Waals surface area contributed by atoms with Crippen LogP contribution in [0.2, 0.25) is 5.02 Å². The fourth-order valence-corrected chi connectivity index (χ4v) is 2.11. The van der Waals surface area contributed by atoms with Crippen LogP contribution in [0.4, 0.5) is 10.1 Å². The molecule has 0 aliphatic rings. The summed E-state index contributed by atoms with van der Waals surface area (Å²) in [6.45, 7) is 1.43. The third-order valence-corrected chi connectivity index (χ3v) is 3.45. The van der Waals surface area contributed by atoms with Crippen molar-refractivity contribution < 1.29 is 23.5 Å². The molecular formula is C17H15ClFNO4. The molecule has 0 aliphatic heterocycles. The van der Waals surface area contributed by atoms with Crippen LogP contribution in [0.3, 0.4) is 0 Å². The molecule has 0 heterocycles. The number of amides is 1. The maximum Gasteiger partial charge on any atom is 0.338 e. The molecule has 0 radical (unpaired) electrons. The Bertz CT molecular complexity index is 749. The largest absolute Gasteiger partial charge is 0.495 e. The number of ether oxygens (including phenoxy) is 2. The summed E-state index contributed by atoms with van der Waals surface area (Å²) in [6.07, 6.45) is -1.04. The first kappa shape index (κ1) is 17.7. The topological polar surface area (TPSA) is 64.6 Å². The van der Waals surface area contributed by atoms with Crippen LogP contribution >= 0.6 is 11.6 Å². The van der Waals surface area contributed by atoms with Gasteiger partial charge in [0.1, 0.15) is 11.6 Å². The van der Waals surface area contributed by atoms with Crippen molar-refractivity contribution >= 4 is 29.2 Å². The van der Waals surface area contributed by atoms with Gasteiger partial charge in [-0.1, -0.05) is 11.6 Å². The van der Waals surface area contributed by atoms with E-state index in [2.05, 4.69) is 5.32 Å².